The molecule has 6 nitrogen and oxygen atoms in total. The van der Waals surface area contributed by atoms with E-state index in [0.29, 0.717) is 31.5 Å². The molecule has 32 heavy (non-hydrogen) atoms. The fourth-order valence-electron chi connectivity index (χ4n) is 3.96. The van der Waals surface area contributed by atoms with Gasteiger partial charge in [-0.05, 0) is 59.4 Å². The van der Waals surface area contributed by atoms with E-state index in [9.17, 15) is 14.3 Å². The number of likely N-dealkylation sites (tertiary alicyclic amines) is 1. The van der Waals surface area contributed by atoms with Crippen LogP contribution in [0.2, 0.25) is 10.0 Å². The summed E-state index contributed by atoms with van der Waals surface area (Å²) in [5.74, 6) is -2.20. The largest absolute Gasteiger partial charge is 0.505 e. The van der Waals surface area contributed by atoms with Crippen LogP contribution < -0.4 is 4.72 Å². The van der Waals surface area contributed by atoms with Gasteiger partial charge in [-0.15, -0.1) is 0 Å². The topological polar surface area (TPSA) is 71.0 Å². The number of ether oxygens (including phenoxy) is 2. The molecule has 2 atom stereocenters. The number of amides is 1. The van der Waals surface area contributed by atoms with Gasteiger partial charge in [0.25, 0.3) is 5.91 Å². The Labute approximate surface area is 203 Å². The van der Waals surface area contributed by atoms with Gasteiger partial charge in [0.15, 0.2) is 23.5 Å². The minimum absolute atomic E-state index is 0.0497. The van der Waals surface area contributed by atoms with Crippen LogP contribution in [0.1, 0.15) is 59.1 Å². The highest BCUT2D eigenvalue weighted by Crippen LogP contribution is 2.43. The number of phenolic OH excluding ortho intramolecular Hbond substituents is 1. The van der Waals surface area contributed by atoms with Crippen LogP contribution in [0, 0.1) is 11.7 Å². The minimum Gasteiger partial charge on any atom is -0.505 e. The SMILES string of the molecule is CC1(C)OCC(C(=O)N2CCC(C(NSC(C)(C)C)c3cc(Cl)c(Cl)c(F)c3O)CC2)O1. The quantitative estimate of drug-likeness (QED) is 0.415. The number of nitrogens with zero attached hydrogens (tertiary/aromatic N) is 1. The second-order valence-corrected chi connectivity index (χ2v) is 12.2. The predicted octanol–water partition coefficient (Wildman–Crippen LogP) is 5.31. The number of aromatic hydroxyl groups is 1. The maximum atomic E-state index is 14.5. The maximum absolute atomic E-state index is 14.5. The van der Waals surface area contributed by atoms with Crippen molar-refractivity contribution in [3.8, 4) is 5.75 Å². The lowest BCUT2D eigenvalue weighted by Crippen LogP contribution is -2.46. The monoisotopic (exact) mass is 508 g/mol. The van der Waals surface area contributed by atoms with Crippen molar-refractivity contribution >= 4 is 41.1 Å². The fraction of sp³-hybridized carbons (Fsp3) is 0.682. The second-order valence-electron chi connectivity index (χ2n) is 9.71. The van der Waals surface area contributed by atoms with E-state index < -0.39 is 23.5 Å². The molecule has 0 spiro atoms. The number of carbonyl (C=O) groups is 1. The van der Waals surface area contributed by atoms with Gasteiger partial charge in [-0.3, -0.25) is 9.52 Å². The van der Waals surface area contributed by atoms with Crippen LogP contribution in [0.3, 0.4) is 0 Å². The Morgan fingerprint density at radius 1 is 1.34 bits per heavy atom. The molecule has 2 aliphatic rings. The Kier molecular flexibility index (Phi) is 7.95. The summed E-state index contributed by atoms with van der Waals surface area (Å²) in [5, 5.41) is 10.3. The highest BCUT2D eigenvalue weighted by molar-refractivity contribution is 7.98. The first-order valence-corrected chi connectivity index (χ1v) is 12.3. The summed E-state index contributed by atoms with van der Waals surface area (Å²) in [5.41, 5.74) is 0.368. The number of hydrogen-bond acceptors (Lipinski definition) is 6. The van der Waals surface area contributed by atoms with Gasteiger partial charge in [0, 0.05) is 29.4 Å². The van der Waals surface area contributed by atoms with Crippen LogP contribution in [0.25, 0.3) is 0 Å². The Balaban J connectivity index is 1.75. The van der Waals surface area contributed by atoms with Crippen molar-refractivity contribution in [3.63, 3.8) is 0 Å². The molecule has 2 saturated heterocycles. The van der Waals surface area contributed by atoms with Gasteiger partial charge in [0.1, 0.15) is 0 Å². The van der Waals surface area contributed by atoms with E-state index in [0.717, 1.165) is 0 Å². The van der Waals surface area contributed by atoms with Crippen molar-refractivity contribution in [2.24, 2.45) is 5.92 Å². The number of nitrogens with one attached hydrogen (secondary N) is 1. The van der Waals surface area contributed by atoms with Crippen LogP contribution in [0.15, 0.2) is 6.07 Å². The maximum Gasteiger partial charge on any atom is 0.254 e. The summed E-state index contributed by atoms with van der Waals surface area (Å²) in [4.78, 5) is 14.6. The summed E-state index contributed by atoms with van der Waals surface area (Å²) in [6, 6.07) is 1.15. The van der Waals surface area contributed by atoms with Crippen molar-refractivity contribution in [1.82, 2.24) is 9.62 Å². The minimum atomic E-state index is -0.921. The van der Waals surface area contributed by atoms with Gasteiger partial charge < -0.3 is 19.5 Å². The number of carbonyl (C=O) groups excluding carboxylic acids is 1. The van der Waals surface area contributed by atoms with Gasteiger partial charge in [-0.25, -0.2) is 4.39 Å². The molecule has 180 valence electrons. The third-order valence-electron chi connectivity index (χ3n) is 5.60. The van der Waals surface area contributed by atoms with Crippen molar-refractivity contribution in [2.75, 3.05) is 19.7 Å². The highest BCUT2D eigenvalue weighted by atomic mass is 35.5. The molecule has 1 aromatic carbocycles. The first-order chi connectivity index (χ1) is 14.8. The van der Waals surface area contributed by atoms with Crippen molar-refractivity contribution in [2.45, 2.75) is 70.1 Å². The van der Waals surface area contributed by atoms with Crippen molar-refractivity contribution in [1.29, 1.82) is 0 Å². The molecule has 2 aliphatic heterocycles. The summed E-state index contributed by atoms with van der Waals surface area (Å²) in [7, 11) is 0. The zero-order valence-electron chi connectivity index (χ0n) is 19.0. The molecular formula is C22H31Cl2FN2O4S. The predicted molar refractivity (Wildman–Crippen MR) is 126 cm³/mol. The molecule has 1 amide bonds. The molecule has 0 aromatic heterocycles. The lowest BCUT2D eigenvalue weighted by molar-refractivity contribution is -0.161. The summed E-state index contributed by atoms with van der Waals surface area (Å²) >= 11 is 13.5. The van der Waals surface area contributed by atoms with Crippen LogP contribution in [-0.2, 0) is 14.3 Å². The summed E-state index contributed by atoms with van der Waals surface area (Å²) in [6.45, 7) is 11.1. The van der Waals surface area contributed by atoms with Crippen LogP contribution in [0.4, 0.5) is 4.39 Å². The normalized spacial score (nSPS) is 22.9. The molecular weight excluding hydrogens is 478 g/mol. The highest BCUT2D eigenvalue weighted by Gasteiger charge is 2.40. The number of phenols is 1. The lowest BCUT2D eigenvalue weighted by atomic mass is 9.85. The first-order valence-electron chi connectivity index (χ1n) is 10.7. The average Bonchev–Trinajstić information content (AvgIpc) is 3.09. The first kappa shape index (κ1) is 25.8. The Bertz CT molecular complexity index is 857. The van der Waals surface area contributed by atoms with Gasteiger partial charge in [-0.1, -0.05) is 35.1 Å². The van der Waals surface area contributed by atoms with E-state index >= 15 is 0 Å². The van der Waals surface area contributed by atoms with Gasteiger partial charge in [0.2, 0.25) is 0 Å². The second kappa shape index (κ2) is 9.84. The zero-order chi connectivity index (χ0) is 23.8. The molecule has 0 saturated carbocycles. The third-order valence-corrected chi connectivity index (χ3v) is 7.35. The lowest BCUT2D eigenvalue weighted by Gasteiger charge is -2.38. The fourth-order valence-corrected chi connectivity index (χ4v) is 5.10. The molecule has 0 bridgehead atoms. The molecule has 3 rings (SSSR count). The molecule has 0 aliphatic carbocycles. The molecule has 1 aromatic rings. The Hall–Kier alpha value is -0.770. The zero-order valence-corrected chi connectivity index (χ0v) is 21.3. The van der Waals surface area contributed by atoms with Gasteiger partial charge >= 0.3 is 0 Å². The number of piperidine rings is 1. The number of rotatable bonds is 5. The molecule has 2 unspecified atom stereocenters. The van der Waals surface area contributed by atoms with E-state index in [2.05, 4.69) is 25.5 Å². The average molecular weight is 509 g/mol. The Morgan fingerprint density at radius 3 is 2.50 bits per heavy atom. The molecule has 0 radical (unpaired) electrons. The Morgan fingerprint density at radius 2 is 1.97 bits per heavy atom. The molecule has 2 fully saturated rings. The number of hydrogen-bond donors (Lipinski definition) is 2. The van der Waals surface area contributed by atoms with E-state index in [1.165, 1.54) is 18.0 Å². The molecule has 2 N–H and O–H groups in total. The number of halogens is 3. The standard InChI is InChI=1S/C22H31Cl2FN2O4S/c1-21(2,3)32-26-18(13-10-14(23)16(24)17(25)19(13)28)12-6-8-27(9-7-12)20(29)15-11-30-22(4,5)31-15/h10,12,15,18,26,28H,6-9,11H2,1-5H3. The molecule has 10 heteroatoms. The van der Waals surface area contributed by atoms with E-state index in [1.807, 2.05) is 0 Å². The van der Waals surface area contributed by atoms with Crippen molar-refractivity contribution < 1.29 is 23.8 Å². The van der Waals surface area contributed by atoms with Crippen LogP contribution in [-0.4, -0.2) is 52.2 Å². The van der Waals surface area contributed by atoms with Gasteiger partial charge in [0.05, 0.1) is 16.7 Å². The molecule has 2 heterocycles. The summed E-state index contributed by atoms with van der Waals surface area (Å²) < 4.78 is 29.0. The van der Waals surface area contributed by atoms with Crippen LogP contribution in [0.5, 0.6) is 5.75 Å². The van der Waals surface area contributed by atoms with E-state index in [-0.39, 0.29) is 39.3 Å². The summed E-state index contributed by atoms with van der Waals surface area (Å²) in [6.07, 6.45) is 0.749. The third kappa shape index (κ3) is 6.02. The van der Waals surface area contributed by atoms with Gasteiger partial charge in [-0.2, -0.15) is 0 Å². The van der Waals surface area contributed by atoms with Crippen molar-refractivity contribution in [3.05, 3.63) is 27.5 Å². The van der Waals surface area contributed by atoms with E-state index in [4.69, 9.17) is 32.7 Å². The van der Waals surface area contributed by atoms with E-state index in [1.54, 1.807) is 18.7 Å². The smallest absolute Gasteiger partial charge is 0.254 e. The van der Waals surface area contributed by atoms with Crippen LogP contribution >= 0.6 is 35.1 Å². The number of benzene rings is 1.